The van der Waals surface area contributed by atoms with Gasteiger partial charge in [-0.25, -0.2) is 0 Å². The average Bonchev–Trinajstić information content (AvgIpc) is 3.31. The van der Waals surface area contributed by atoms with Crippen molar-refractivity contribution in [2.45, 2.75) is 19.3 Å². The van der Waals surface area contributed by atoms with Gasteiger partial charge in [0.2, 0.25) is 0 Å². The molecule has 136 valence electrons. The van der Waals surface area contributed by atoms with Crippen molar-refractivity contribution in [3.05, 3.63) is 36.0 Å². The highest BCUT2D eigenvalue weighted by molar-refractivity contribution is 7.86. The van der Waals surface area contributed by atoms with E-state index in [1.165, 1.54) is 16.5 Å². The van der Waals surface area contributed by atoms with Crippen molar-refractivity contribution in [2.75, 3.05) is 45.8 Å². The van der Waals surface area contributed by atoms with Crippen LogP contribution in [0.3, 0.4) is 0 Å². The number of para-hydroxylation sites is 1. The van der Waals surface area contributed by atoms with Gasteiger partial charge in [-0.15, -0.1) is 0 Å². The molecule has 4 rings (SSSR count). The van der Waals surface area contributed by atoms with Crippen LogP contribution < -0.4 is 0 Å². The highest BCUT2D eigenvalue weighted by atomic mass is 32.2. The smallest absolute Gasteiger partial charge is 0.282 e. The second kappa shape index (κ2) is 7.07. The Hall–Kier alpha value is -1.41. The lowest BCUT2D eigenvalue weighted by Gasteiger charge is -2.35. The number of benzene rings is 1. The molecule has 1 N–H and O–H groups in total. The summed E-state index contributed by atoms with van der Waals surface area (Å²) in [7, 11) is -3.24. The first-order chi connectivity index (χ1) is 12.1. The Balaban J connectivity index is 1.32. The monoisotopic (exact) mass is 362 g/mol. The van der Waals surface area contributed by atoms with E-state index < -0.39 is 10.2 Å². The molecule has 2 aliphatic heterocycles. The molecule has 7 heteroatoms. The lowest BCUT2D eigenvalue weighted by atomic mass is 10.1. The van der Waals surface area contributed by atoms with Gasteiger partial charge < -0.3 is 9.88 Å². The second-order valence-corrected chi connectivity index (χ2v) is 8.89. The van der Waals surface area contributed by atoms with Gasteiger partial charge in [-0.2, -0.15) is 17.0 Å². The van der Waals surface area contributed by atoms with E-state index in [0.29, 0.717) is 26.2 Å². The number of fused-ring (bicyclic) bond motifs is 1. The third kappa shape index (κ3) is 3.46. The van der Waals surface area contributed by atoms with Crippen LogP contribution in [0.2, 0.25) is 0 Å². The van der Waals surface area contributed by atoms with Crippen molar-refractivity contribution in [1.29, 1.82) is 0 Å². The summed E-state index contributed by atoms with van der Waals surface area (Å²) < 4.78 is 28.5. The molecule has 1 aromatic carbocycles. The van der Waals surface area contributed by atoms with Gasteiger partial charge in [-0.3, -0.25) is 0 Å². The first kappa shape index (κ1) is 17.0. The summed E-state index contributed by atoms with van der Waals surface area (Å²) in [5, 5.41) is 1.29. The third-order valence-corrected chi connectivity index (χ3v) is 7.46. The van der Waals surface area contributed by atoms with E-state index in [1.54, 1.807) is 8.61 Å². The molecule has 3 heterocycles. The van der Waals surface area contributed by atoms with Crippen LogP contribution in [0.4, 0.5) is 0 Å². The number of piperazine rings is 1. The summed E-state index contributed by atoms with van der Waals surface area (Å²) in [5.74, 6) is 0. The maximum atomic E-state index is 12.6. The van der Waals surface area contributed by atoms with Crippen molar-refractivity contribution in [1.82, 2.24) is 18.5 Å². The lowest BCUT2D eigenvalue weighted by Crippen LogP contribution is -2.52. The highest BCUT2D eigenvalue weighted by Crippen LogP contribution is 2.20. The first-order valence-electron chi connectivity index (χ1n) is 9.17. The van der Waals surface area contributed by atoms with Crippen molar-refractivity contribution in [3.8, 4) is 0 Å². The fourth-order valence-corrected chi connectivity index (χ4v) is 5.55. The number of aromatic amines is 1. The topological polar surface area (TPSA) is 59.7 Å². The maximum absolute atomic E-state index is 12.6. The molecule has 0 atom stereocenters. The zero-order valence-electron chi connectivity index (χ0n) is 14.5. The van der Waals surface area contributed by atoms with E-state index in [4.69, 9.17) is 0 Å². The minimum Gasteiger partial charge on any atom is -0.361 e. The molecule has 1 aromatic heterocycles. The van der Waals surface area contributed by atoms with Crippen LogP contribution in [0.15, 0.2) is 30.5 Å². The minimum absolute atomic E-state index is 0.604. The molecule has 25 heavy (non-hydrogen) atoms. The second-order valence-electron chi connectivity index (χ2n) is 6.96. The molecule has 0 spiro atoms. The zero-order valence-corrected chi connectivity index (χ0v) is 15.3. The van der Waals surface area contributed by atoms with Crippen LogP contribution in [0.1, 0.15) is 18.4 Å². The van der Waals surface area contributed by atoms with Crippen molar-refractivity contribution in [3.63, 3.8) is 0 Å². The van der Waals surface area contributed by atoms with Crippen LogP contribution in [-0.4, -0.2) is 72.7 Å². The number of hydrogen-bond acceptors (Lipinski definition) is 3. The summed E-state index contributed by atoms with van der Waals surface area (Å²) >= 11 is 0. The van der Waals surface area contributed by atoms with Crippen LogP contribution in [0.25, 0.3) is 10.9 Å². The SMILES string of the molecule is O=S(=O)(N1CCCC1)N1CCN(CCc2c[nH]c3ccccc23)CC1. The number of hydrogen-bond donors (Lipinski definition) is 1. The molecular formula is C18H26N4O2S. The predicted octanol–water partition coefficient (Wildman–Crippen LogP) is 1.67. The molecule has 0 bridgehead atoms. The Morgan fingerprint density at radius 1 is 0.920 bits per heavy atom. The van der Waals surface area contributed by atoms with Gasteiger partial charge in [-0.1, -0.05) is 18.2 Å². The summed E-state index contributed by atoms with van der Waals surface area (Å²) in [6.07, 6.45) is 5.06. The maximum Gasteiger partial charge on any atom is 0.282 e. The van der Waals surface area contributed by atoms with Gasteiger partial charge in [0, 0.05) is 62.9 Å². The summed E-state index contributed by atoms with van der Waals surface area (Å²) in [6, 6.07) is 8.37. The fourth-order valence-electron chi connectivity index (χ4n) is 3.88. The number of H-pyrrole nitrogens is 1. The van der Waals surface area contributed by atoms with E-state index >= 15 is 0 Å². The van der Waals surface area contributed by atoms with Gasteiger partial charge >= 0.3 is 0 Å². The average molecular weight is 362 g/mol. The van der Waals surface area contributed by atoms with Crippen molar-refractivity contribution >= 4 is 21.1 Å². The van der Waals surface area contributed by atoms with E-state index in [0.717, 1.165) is 38.9 Å². The Kier molecular flexibility index (Phi) is 4.82. The Morgan fingerprint density at radius 2 is 1.60 bits per heavy atom. The largest absolute Gasteiger partial charge is 0.361 e. The van der Waals surface area contributed by atoms with Crippen LogP contribution in [0, 0.1) is 0 Å². The van der Waals surface area contributed by atoms with Gasteiger partial charge in [0.25, 0.3) is 10.2 Å². The molecule has 2 aromatic rings. The summed E-state index contributed by atoms with van der Waals surface area (Å²) in [4.78, 5) is 5.70. The van der Waals surface area contributed by atoms with E-state index in [-0.39, 0.29) is 0 Å². The van der Waals surface area contributed by atoms with E-state index in [9.17, 15) is 8.42 Å². The molecule has 2 saturated heterocycles. The number of nitrogens with zero attached hydrogens (tertiary/aromatic N) is 3. The molecule has 0 amide bonds. The van der Waals surface area contributed by atoms with E-state index in [2.05, 4.69) is 34.3 Å². The standard InChI is InChI=1S/C18H26N4O2S/c23-25(24,21-8-3-4-9-21)22-13-11-20(12-14-22)10-7-16-15-19-18-6-2-1-5-17(16)18/h1-2,5-6,15,19H,3-4,7-14H2. The van der Waals surface area contributed by atoms with Gasteiger partial charge in [0.05, 0.1) is 0 Å². The summed E-state index contributed by atoms with van der Waals surface area (Å²) in [5.41, 5.74) is 2.52. The molecule has 0 unspecified atom stereocenters. The van der Waals surface area contributed by atoms with Crippen LogP contribution in [-0.2, 0) is 16.6 Å². The number of rotatable bonds is 5. The number of aromatic nitrogens is 1. The zero-order chi connectivity index (χ0) is 17.3. The first-order valence-corrected chi connectivity index (χ1v) is 10.6. The van der Waals surface area contributed by atoms with Crippen LogP contribution >= 0.6 is 0 Å². The molecule has 0 radical (unpaired) electrons. The third-order valence-electron chi connectivity index (χ3n) is 5.42. The molecule has 2 fully saturated rings. The predicted molar refractivity (Wildman–Crippen MR) is 99.7 cm³/mol. The number of nitrogens with one attached hydrogen (secondary N) is 1. The summed E-state index contributed by atoms with van der Waals surface area (Å²) in [6.45, 7) is 5.18. The Morgan fingerprint density at radius 3 is 2.36 bits per heavy atom. The fraction of sp³-hybridized carbons (Fsp3) is 0.556. The molecule has 6 nitrogen and oxygen atoms in total. The van der Waals surface area contributed by atoms with Gasteiger partial charge in [0.1, 0.15) is 0 Å². The van der Waals surface area contributed by atoms with Gasteiger partial charge in [-0.05, 0) is 30.9 Å². The van der Waals surface area contributed by atoms with Crippen LogP contribution in [0.5, 0.6) is 0 Å². The Labute approximate surface area is 149 Å². The van der Waals surface area contributed by atoms with Gasteiger partial charge in [0.15, 0.2) is 0 Å². The highest BCUT2D eigenvalue weighted by Gasteiger charge is 2.33. The molecule has 0 aliphatic carbocycles. The normalized spacial score (nSPS) is 21.3. The lowest BCUT2D eigenvalue weighted by molar-refractivity contribution is 0.184. The van der Waals surface area contributed by atoms with Crippen molar-refractivity contribution < 1.29 is 8.42 Å². The quantitative estimate of drug-likeness (QED) is 0.880. The molecule has 0 saturated carbocycles. The minimum atomic E-state index is -3.24. The van der Waals surface area contributed by atoms with E-state index in [1.807, 2.05) is 6.07 Å². The molecular weight excluding hydrogens is 336 g/mol. The van der Waals surface area contributed by atoms with Crippen molar-refractivity contribution in [2.24, 2.45) is 0 Å². The Bertz CT molecular complexity index is 818. The molecule has 2 aliphatic rings.